The van der Waals surface area contributed by atoms with Crippen molar-refractivity contribution in [1.82, 2.24) is 10.3 Å². The molecule has 0 fully saturated rings. The lowest BCUT2D eigenvalue weighted by atomic mass is 10.1. The van der Waals surface area contributed by atoms with Crippen LogP contribution in [0.3, 0.4) is 0 Å². The zero-order valence-electron chi connectivity index (χ0n) is 14.3. The number of aromatic nitrogens is 1. The van der Waals surface area contributed by atoms with Crippen LogP contribution in [-0.2, 0) is 6.42 Å². The average Bonchev–Trinajstić information content (AvgIpc) is 2.62. The van der Waals surface area contributed by atoms with Crippen molar-refractivity contribution >= 4 is 17.5 Å². The van der Waals surface area contributed by atoms with E-state index in [4.69, 9.17) is 0 Å². The number of nitrogens with zero attached hydrogens (tertiary/aromatic N) is 1. The molecule has 1 heterocycles. The van der Waals surface area contributed by atoms with Gasteiger partial charge in [-0.05, 0) is 49.6 Å². The minimum Gasteiger partial charge on any atom is -0.348 e. The predicted molar refractivity (Wildman–Crippen MR) is 95.2 cm³/mol. The Hall–Kier alpha value is -2.69. The van der Waals surface area contributed by atoms with Gasteiger partial charge in [0, 0.05) is 11.7 Å². The van der Waals surface area contributed by atoms with Crippen LogP contribution in [0.1, 0.15) is 53.7 Å². The second kappa shape index (κ2) is 8.24. The Bertz CT molecular complexity index is 711. The van der Waals surface area contributed by atoms with Crippen LogP contribution in [-0.4, -0.2) is 22.8 Å². The van der Waals surface area contributed by atoms with Gasteiger partial charge in [0.05, 0.1) is 0 Å². The lowest BCUT2D eigenvalue weighted by Crippen LogP contribution is -2.32. The van der Waals surface area contributed by atoms with E-state index in [0.717, 1.165) is 12.8 Å². The van der Waals surface area contributed by atoms with E-state index in [9.17, 15) is 9.59 Å². The number of amides is 2. The number of nitrogens with one attached hydrogen (secondary N) is 2. The van der Waals surface area contributed by atoms with Crippen molar-refractivity contribution in [2.75, 3.05) is 5.32 Å². The highest BCUT2D eigenvalue weighted by Crippen LogP contribution is 2.11. The molecule has 0 radical (unpaired) electrons. The molecule has 0 saturated carbocycles. The van der Waals surface area contributed by atoms with Gasteiger partial charge in [-0.1, -0.05) is 32.0 Å². The number of pyridine rings is 1. The van der Waals surface area contributed by atoms with Crippen molar-refractivity contribution in [3.63, 3.8) is 0 Å². The largest absolute Gasteiger partial charge is 0.348 e. The van der Waals surface area contributed by atoms with Crippen LogP contribution in [0.5, 0.6) is 0 Å². The van der Waals surface area contributed by atoms with Crippen molar-refractivity contribution in [1.29, 1.82) is 0 Å². The number of anilines is 1. The molecule has 0 aliphatic carbocycles. The molecule has 0 aliphatic heterocycles. The van der Waals surface area contributed by atoms with Crippen LogP contribution in [0.15, 0.2) is 42.5 Å². The number of benzene rings is 1. The third-order valence-electron chi connectivity index (χ3n) is 3.82. The predicted octanol–water partition coefficient (Wildman–Crippen LogP) is 3.42. The van der Waals surface area contributed by atoms with Crippen LogP contribution in [0, 0.1) is 0 Å². The smallest absolute Gasteiger partial charge is 0.274 e. The van der Waals surface area contributed by atoms with Crippen LogP contribution < -0.4 is 10.6 Å². The summed E-state index contributed by atoms with van der Waals surface area (Å²) in [6.07, 6.45) is 1.78. The van der Waals surface area contributed by atoms with Crippen LogP contribution in [0.2, 0.25) is 0 Å². The first kappa shape index (κ1) is 17.7. The fourth-order valence-electron chi connectivity index (χ4n) is 2.11. The van der Waals surface area contributed by atoms with Gasteiger partial charge in [0.25, 0.3) is 11.8 Å². The molecule has 2 amide bonds. The monoisotopic (exact) mass is 325 g/mol. The normalized spacial score (nSPS) is 11.6. The summed E-state index contributed by atoms with van der Waals surface area (Å²) >= 11 is 0. The topological polar surface area (TPSA) is 71.1 Å². The molecular formula is C19H23N3O2. The molecule has 2 rings (SSSR count). The Kier molecular flexibility index (Phi) is 6.07. The lowest BCUT2D eigenvalue weighted by Gasteiger charge is -2.11. The van der Waals surface area contributed by atoms with Crippen LogP contribution in [0.4, 0.5) is 5.69 Å². The molecule has 1 aromatic carbocycles. The molecule has 2 aromatic rings. The molecule has 0 aliphatic rings. The lowest BCUT2D eigenvalue weighted by molar-refractivity contribution is 0.0934. The Labute approximate surface area is 142 Å². The first-order valence-electron chi connectivity index (χ1n) is 8.21. The number of carbonyl (C=O) groups excluding carboxylic acids is 2. The van der Waals surface area contributed by atoms with E-state index in [1.165, 1.54) is 5.56 Å². The van der Waals surface area contributed by atoms with E-state index < -0.39 is 0 Å². The van der Waals surface area contributed by atoms with Gasteiger partial charge in [-0.2, -0.15) is 0 Å². The number of carbonyl (C=O) groups is 2. The first-order chi connectivity index (χ1) is 11.5. The summed E-state index contributed by atoms with van der Waals surface area (Å²) < 4.78 is 0. The Morgan fingerprint density at radius 2 is 1.62 bits per heavy atom. The summed E-state index contributed by atoms with van der Waals surface area (Å²) in [4.78, 5) is 28.6. The molecule has 0 spiro atoms. The fourth-order valence-corrected chi connectivity index (χ4v) is 2.11. The highest BCUT2D eigenvalue weighted by molar-refractivity contribution is 6.03. The van der Waals surface area contributed by atoms with E-state index in [-0.39, 0.29) is 29.2 Å². The fraction of sp³-hybridized carbons (Fsp3) is 0.316. The van der Waals surface area contributed by atoms with Gasteiger partial charge in [0.15, 0.2) is 0 Å². The molecular weight excluding hydrogens is 302 g/mol. The second-order valence-corrected chi connectivity index (χ2v) is 5.70. The second-order valence-electron chi connectivity index (χ2n) is 5.70. The van der Waals surface area contributed by atoms with Gasteiger partial charge in [0.1, 0.15) is 11.4 Å². The maximum atomic E-state index is 12.3. The third kappa shape index (κ3) is 4.65. The van der Waals surface area contributed by atoms with Crippen molar-refractivity contribution in [2.45, 2.75) is 39.7 Å². The quantitative estimate of drug-likeness (QED) is 0.855. The summed E-state index contributed by atoms with van der Waals surface area (Å²) in [5.41, 5.74) is 2.36. The van der Waals surface area contributed by atoms with Crippen molar-refractivity contribution < 1.29 is 9.59 Å². The standard InChI is InChI=1S/C19H23N3O2/c1-4-13(3)20-18(23)16-7-6-8-17(22-16)19(24)21-15-11-9-14(5-2)10-12-15/h6-13H,4-5H2,1-3H3,(H,20,23)(H,21,24). The van der Waals surface area contributed by atoms with Gasteiger partial charge in [-0.25, -0.2) is 4.98 Å². The summed E-state index contributed by atoms with van der Waals surface area (Å²) in [6, 6.07) is 12.6. The highest BCUT2D eigenvalue weighted by atomic mass is 16.2. The van der Waals surface area contributed by atoms with E-state index in [1.807, 2.05) is 38.1 Å². The van der Waals surface area contributed by atoms with Crippen LogP contribution >= 0.6 is 0 Å². The van der Waals surface area contributed by atoms with Crippen molar-refractivity contribution in [2.24, 2.45) is 0 Å². The molecule has 5 heteroatoms. The maximum absolute atomic E-state index is 12.3. The van der Waals surface area contributed by atoms with E-state index >= 15 is 0 Å². The van der Waals surface area contributed by atoms with E-state index in [0.29, 0.717) is 5.69 Å². The zero-order valence-corrected chi connectivity index (χ0v) is 14.3. The van der Waals surface area contributed by atoms with Crippen LogP contribution in [0.25, 0.3) is 0 Å². The molecule has 1 unspecified atom stereocenters. The highest BCUT2D eigenvalue weighted by Gasteiger charge is 2.13. The maximum Gasteiger partial charge on any atom is 0.274 e. The third-order valence-corrected chi connectivity index (χ3v) is 3.82. The number of hydrogen-bond acceptors (Lipinski definition) is 3. The molecule has 24 heavy (non-hydrogen) atoms. The van der Waals surface area contributed by atoms with Gasteiger partial charge in [-0.3, -0.25) is 9.59 Å². The number of aryl methyl sites for hydroxylation is 1. The minimum atomic E-state index is -0.336. The first-order valence-corrected chi connectivity index (χ1v) is 8.21. The molecule has 2 N–H and O–H groups in total. The van der Waals surface area contributed by atoms with Gasteiger partial charge in [0.2, 0.25) is 0 Å². The molecule has 0 saturated heterocycles. The number of rotatable bonds is 6. The van der Waals surface area contributed by atoms with E-state index in [1.54, 1.807) is 18.2 Å². The van der Waals surface area contributed by atoms with Gasteiger partial charge >= 0.3 is 0 Å². The molecule has 1 aromatic heterocycles. The van der Waals surface area contributed by atoms with Gasteiger partial charge < -0.3 is 10.6 Å². The van der Waals surface area contributed by atoms with Crippen molar-refractivity contribution in [3.8, 4) is 0 Å². The number of hydrogen-bond donors (Lipinski definition) is 2. The van der Waals surface area contributed by atoms with Crippen molar-refractivity contribution in [3.05, 3.63) is 59.4 Å². The molecule has 1 atom stereocenters. The molecule has 5 nitrogen and oxygen atoms in total. The summed E-state index contributed by atoms with van der Waals surface area (Å²) in [5.74, 6) is -0.608. The van der Waals surface area contributed by atoms with E-state index in [2.05, 4.69) is 22.5 Å². The molecule has 0 bridgehead atoms. The minimum absolute atomic E-state index is 0.0638. The summed E-state index contributed by atoms with van der Waals surface area (Å²) in [5, 5.41) is 5.64. The average molecular weight is 325 g/mol. The van der Waals surface area contributed by atoms with Gasteiger partial charge in [-0.15, -0.1) is 0 Å². The summed E-state index contributed by atoms with van der Waals surface area (Å²) in [6.45, 7) is 5.99. The SMILES string of the molecule is CCc1ccc(NC(=O)c2cccc(C(=O)NC(C)CC)n2)cc1. The zero-order chi connectivity index (χ0) is 17.5. The summed E-state index contributed by atoms with van der Waals surface area (Å²) in [7, 11) is 0. The Morgan fingerprint density at radius 1 is 1.00 bits per heavy atom. The Morgan fingerprint density at radius 3 is 2.21 bits per heavy atom. The Balaban J connectivity index is 2.09. The molecule has 126 valence electrons.